The lowest BCUT2D eigenvalue weighted by molar-refractivity contribution is -0.138. The summed E-state index contributed by atoms with van der Waals surface area (Å²) in [4.78, 5) is 26.6. The Morgan fingerprint density at radius 1 is 1.37 bits per heavy atom. The molecule has 0 spiro atoms. The number of aliphatic hydroxyl groups excluding tert-OH is 1. The largest absolute Gasteiger partial charge is 0.391 e. The second-order valence-corrected chi connectivity index (χ2v) is 7.29. The Morgan fingerprint density at radius 2 is 2.15 bits per heavy atom. The summed E-state index contributed by atoms with van der Waals surface area (Å²) in [5.74, 6) is -0.122. The summed E-state index contributed by atoms with van der Waals surface area (Å²) in [7, 11) is 0. The Labute approximate surface area is 162 Å². The molecule has 144 valence electrons. The predicted molar refractivity (Wildman–Crippen MR) is 99.1 cm³/mol. The minimum atomic E-state index is -0.724. The molecule has 1 aromatic carbocycles. The van der Waals surface area contributed by atoms with Gasteiger partial charge in [0, 0.05) is 30.6 Å². The van der Waals surface area contributed by atoms with E-state index in [0.717, 1.165) is 11.1 Å². The Bertz CT molecular complexity index is 851. The second-order valence-electron chi connectivity index (χ2n) is 6.85. The van der Waals surface area contributed by atoms with E-state index in [-0.39, 0.29) is 31.2 Å². The molecule has 0 radical (unpaired) electrons. The van der Waals surface area contributed by atoms with Crippen LogP contribution >= 0.6 is 11.6 Å². The minimum Gasteiger partial charge on any atom is -0.391 e. The van der Waals surface area contributed by atoms with Crippen LogP contribution in [-0.2, 0) is 22.6 Å². The SMILES string of the molecule is Cc1cc(CC(=O)N2C[C@H](O)C[C@H]2C(=O)NCc2ccc(Cl)cc2C)on1. The highest BCUT2D eigenvalue weighted by atomic mass is 35.5. The van der Waals surface area contributed by atoms with Crippen molar-refractivity contribution in [2.24, 2.45) is 0 Å². The third-order valence-corrected chi connectivity index (χ3v) is 4.90. The number of halogens is 1. The van der Waals surface area contributed by atoms with Gasteiger partial charge in [-0.2, -0.15) is 0 Å². The summed E-state index contributed by atoms with van der Waals surface area (Å²) in [6.07, 6.45) is -0.501. The van der Waals surface area contributed by atoms with Gasteiger partial charge in [0.25, 0.3) is 0 Å². The fraction of sp³-hybridized carbons (Fsp3) is 0.421. The number of hydrogen-bond donors (Lipinski definition) is 2. The second kappa shape index (κ2) is 8.10. The average molecular weight is 392 g/mol. The van der Waals surface area contributed by atoms with E-state index in [2.05, 4.69) is 10.5 Å². The quantitative estimate of drug-likeness (QED) is 0.809. The normalized spacial score (nSPS) is 19.3. The van der Waals surface area contributed by atoms with Crippen LogP contribution in [0.5, 0.6) is 0 Å². The minimum absolute atomic E-state index is 0.00757. The molecule has 1 saturated heterocycles. The Kier molecular flexibility index (Phi) is 5.82. The van der Waals surface area contributed by atoms with E-state index in [1.165, 1.54) is 4.90 Å². The van der Waals surface area contributed by atoms with Gasteiger partial charge >= 0.3 is 0 Å². The molecule has 1 aliphatic rings. The molecule has 2 heterocycles. The standard InChI is InChI=1S/C19H22ClN3O4/c1-11-5-14(20)4-3-13(11)9-21-19(26)17-7-15(24)10-23(17)18(25)8-16-6-12(2)22-27-16/h3-6,15,17,24H,7-10H2,1-2H3,(H,21,26)/t15-,17+/m1/s1. The van der Waals surface area contributed by atoms with Gasteiger partial charge in [0.2, 0.25) is 11.8 Å². The molecular formula is C19H22ClN3O4. The van der Waals surface area contributed by atoms with E-state index in [0.29, 0.717) is 23.0 Å². The van der Waals surface area contributed by atoms with Crippen molar-refractivity contribution in [2.45, 2.75) is 45.4 Å². The summed E-state index contributed by atoms with van der Waals surface area (Å²) >= 11 is 5.95. The predicted octanol–water partition coefficient (Wildman–Crippen LogP) is 1.77. The maximum atomic E-state index is 12.6. The number of carbonyl (C=O) groups excluding carboxylic acids is 2. The van der Waals surface area contributed by atoms with Crippen LogP contribution in [0, 0.1) is 13.8 Å². The van der Waals surface area contributed by atoms with Crippen LogP contribution < -0.4 is 5.32 Å². The van der Waals surface area contributed by atoms with Gasteiger partial charge in [-0.25, -0.2) is 0 Å². The van der Waals surface area contributed by atoms with E-state index in [1.54, 1.807) is 19.1 Å². The van der Waals surface area contributed by atoms with Crippen molar-refractivity contribution in [3.05, 3.63) is 51.9 Å². The van der Waals surface area contributed by atoms with E-state index in [9.17, 15) is 14.7 Å². The number of β-amino-alcohol motifs (C(OH)–C–C–N with tert-alkyl or cyclic N) is 1. The first kappa shape index (κ1) is 19.4. The molecule has 7 nitrogen and oxygen atoms in total. The molecule has 0 saturated carbocycles. The maximum Gasteiger partial charge on any atom is 0.243 e. The zero-order valence-electron chi connectivity index (χ0n) is 15.2. The number of likely N-dealkylation sites (tertiary alicyclic amines) is 1. The van der Waals surface area contributed by atoms with Crippen LogP contribution in [0.3, 0.4) is 0 Å². The number of amides is 2. The molecule has 8 heteroatoms. The average Bonchev–Trinajstić information content (AvgIpc) is 3.19. The number of carbonyl (C=O) groups is 2. The van der Waals surface area contributed by atoms with Crippen molar-refractivity contribution in [3.8, 4) is 0 Å². The van der Waals surface area contributed by atoms with Crippen molar-refractivity contribution in [2.75, 3.05) is 6.54 Å². The highest BCUT2D eigenvalue weighted by Gasteiger charge is 2.38. The molecule has 0 unspecified atom stereocenters. The topological polar surface area (TPSA) is 95.7 Å². The molecule has 1 aromatic heterocycles. The fourth-order valence-corrected chi connectivity index (χ4v) is 3.47. The van der Waals surface area contributed by atoms with Gasteiger partial charge in [0.05, 0.1) is 18.2 Å². The van der Waals surface area contributed by atoms with Crippen molar-refractivity contribution in [3.63, 3.8) is 0 Å². The maximum absolute atomic E-state index is 12.6. The van der Waals surface area contributed by atoms with E-state index < -0.39 is 12.1 Å². The summed E-state index contributed by atoms with van der Waals surface area (Å²) in [6.45, 7) is 4.15. The number of nitrogens with one attached hydrogen (secondary N) is 1. The molecule has 2 amide bonds. The zero-order chi connectivity index (χ0) is 19.6. The van der Waals surface area contributed by atoms with Gasteiger partial charge in [-0.05, 0) is 37.1 Å². The molecule has 0 aliphatic carbocycles. The van der Waals surface area contributed by atoms with Crippen LogP contribution in [0.25, 0.3) is 0 Å². The molecule has 1 aliphatic heterocycles. The Balaban J connectivity index is 1.63. The van der Waals surface area contributed by atoms with Gasteiger partial charge in [0.1, 0.15) is 11.8 Å². The summed E-state index contributed by atoms with van der Waals surface area (Å²) in [5.41, 5.74) is 2.61. The van der Waals surface area contributed by atoms with Crippen LogP contribution in [-0.4, -0.2) is 45.7 Å². The lowest BCUT2D eigenvalue weighted by Crippen LogP contribution is -2.46. The molecule has 0 bridgehead atoms. The summed E-state index contributed by atoms with van der Waals surface area (Å²) in [5, 5.41) is 17.2. The number of rotatable bonds is 5. The van der Waals surface area contributed by atoms with Gasteiger partial charge < -0.3 is 19.8 Å². The molecule has 27 heavy (non-hydrogen) atoms. The van der Waals surface area contributed by atoms with Gasteiger partial charge in [0.15, 0.2) is 0 Å². The Hall–Kier alpha value is -2.38. The molecule has 1 fully saturated rings. The molecule has 2 atom stereocenters. The van der Waals surface area contributed by atoms with E-state index in [1.807, 2.05) is 19.1 Å². The van der Waals surface area contributed by atoms with Crippen molar-refractivity contribution in [1.82, 2.24) is 15.4 Å². The fourth-order valence-electron chi connectivity index (χ4n) is 3.25. The van der Waals surface area contributed by atoms with Crippen molar-refractivity contribution >= 4 is 23.4 Å². The first-order chi connectivity index (χ1) is 12.8. The van der Waals surface area contributed by atoms with Crippen LogP contribution in [0.1, 0.15) is 29.0 Å². The van der Waals surface area contributed by atoms with Crippen molar-refractivity contribution < 1.29 is 19.2 Å². The van der Waals surface area contributed by atoms with Crippen molar-refractivity contribution in [1.29, 1.82) is 0 Å². The van der Waals surface area contributed by atoms with E-state index >= 15 is 0 Å². The molecule has 2 aromatic rings. The molecule has 2 N–H and O–H groups in total. The first-order valence-electron chi connectivity index (χ1n) is 8.76. The first-order valence-corrected chi connectivity index (χ1v) is 9.13. The lowest BCUT2D eigenvalue weighted by atomic mass is 10.1. The van der Waals surface area contributed by atoms with Crippen LogP contribution in [0.15, 0.2) is 28.8 Å². The zero-order valence-corrected chi connectivity index (χ0v) is 16.0. The number of aliphatic hydroxyl groups is 1. The number of benzene rings is 1. The Morgan fingerprint density at radius 3 is 2.81 bits per heavy atom. The van der Waals surface area contributed by atoms with E-state index in [4.69, 9.17) is 16.1 Å². The number of nitrogens with zero attached hydrogens (tertiary/aromatic N) is 2. The smallest absolute Gasteiger partial charge is 0.243 e. The van der Waals surface area contributed by atoms with Gasteiger partial charge in [-0.15, -0.1) is 0 Å². The van der Waals surface area contributed by atoms with Gasteiger partial charge in [-0.3, -0.25) is 9.59 Å². The van der Waals surface area contributed by atoms with Gasteiger partial charge in [-0.1, -0.05) is 22.8 Å². The third-order valence-electron chi connectivity index (χ3n) is 4.66. The highest BCUT2D eigenvalue weighted by Crippen LogP contribution is 2.21. The molecular weight excluding hydrogens is 370 g/mol. The number of aryl methyl sites for hydroxylation is 2. The summed E-state index contributed by atoms with van der Waals surface area (Å²) < 4.78 is 5.07. The number of aromatic nitrogens is 1. The number of hydrogen-bond acceptors (Lipinski definition) is 5. The van der Waals surface area contributed by atoms with Crippen LogP contribution in [0.4, 0.5) is 0 Å². The monoisotopic (exact) mass is 391 g/mol. The van der Waals surface area contributed by atoms with Crippen LogP contribution in [0.2, 0.25) is 5.02 Å². The third kappa shape index (κ3) is 4.67. The summed E-state index contributed by atoms with van der Waals surface area (Å²) in [6, 6.07) is 6.44. The molecule has 3 rings (SSSR count). The highest BCUT2D eigenvalue weighted by molar-refractivity contribution is 6.30. The lowest BCUT2D eigenvalue weighted by Gasteiger charge is -2.23.